The van der Waals surface area contributed by atoms with Gasteiger partial charge in [0.15, 0.2) is 0 Å². The van der Waals surface area contributed by atoms with Gasteiger partial charge in [-0.2, -0.15) is 0 Å². The number of ether oxygens (including phenoxy) is 3. The Hall–Kier alpha value is -1.85. The monoisotopic (exact) mass is 530 g/mol. The van der Waals surface area contributed by atoms with Gasteiger partial charge >= 0.3 is 17.9 Å². The highest BCUT2D eigenvalue weighted by atomic mass is 16.5. The molecule has 0 aromatic carbocycles. The summed E-state index contributed by atoms with van der Waals surface area (Å²) in [5.74, 6) is 2.41. The van der Waals surface area contributed by atoms with Gasteiger partial charge in [0.1, 0.15) is 6.10 Å². The molecule has 0 heterocycles. The van der Waals surface area contributed by atoms with E-state index in [-0.39, 0.29) is 40.8 Å². The van der Waals surface area contributed by atoms with E-state index < -0.39 is 5.41 Å². The number of methoxy groups -OCH3 is 1. The van der Waals surface area contributed by atoms with Crippen molar-refractivity contribution in [2.24, 2.45) is 51.8 Å². The lowest BCUT2D eigenvalue weighted by molar-refractivity contribution is -0.172. The van der Waals surface area contributed by atoms with Gasteiger partial charge in [-0.25, -0.2) is 0 Å². The fraction of sp³-hybridized carbons (Fsp3) is 0.844. The third kappa shape index (κ3) is 5.43. The van der Waals surface area contributed by atoms with Crippen molar-refractivity contribution in [3.8, 4) is 0 Å². The summed E-state index contributed by atoms with van der Waals surface area (Å²) in [5, 5.41) is 0. The predicted octanol–water partition coefficient (Wildman–Crippen LogP) is 6.51. The van der Waals surface area contributed by atoms with Crippen LogP contribution < -0.4 is 0 Å². The maximum absolute atomic E-state index is 12.9. The van der Waals surface area contributed by atoms with Crippen molar-refractivity contribution in [3.63, 3.8) is 0 Å². The summed E-state index contributed by atoms with van der Waals surface area (Å²) in [6.45, 7) is 12.5. The van der Waals surface area contributed by atoms with E-state index in [1.54, 1.807) is 0 Å². The van der Waals surface area contributed by atoms with Crippen LogP contribution in [0, 0.1) is 51.8 Å². The SMILES string of the molecule is COC(=O)CC[C@@H](C)[C@H]1CC[C@H]2[C@@H]3C=C[C@@H]4C[C@H](OC(C)=O)CC[C@]4(COC(=O)C(C)(C)C)[C@H]3CC[C@]12C. The van der Waals surface area contributed by atoms with Gasteiger partial charge in [0.25, 0.3) is 0 Å². The van der Waals surface area contributed by atoms with Gasteiger partial charge in [0, 0.05) is 18.8 Å². The molecule has 0 saturated heterocycles. The molecule has 0 spiro atoms. The molecule has 0 aromatic rings. The number of fused-ring (bicyclic) bond motifs is 5. The van der Waals surface area contributed by atoms with E-state index >= 15 is 0 Å². The molecule has 9 atom stereocenters. The van der Waals surface area contributed by atoms with Gasteiger partial charge in [-0.05, 0) is 113 Å². The highest BCUT2D eigenvalue weighted by molar-refractivity contribution is 5.75. The van der Waals surface area contributed by atoms with Crippen LogP contribution in [0.25, 0.3) is 0 Å². The van der Waals surface area contributed by atoms with Crippen molar-refractivity contribution >= 4 is 17.9 Å². The van der Waals surface area contributed by atoms with Gasteiger partial charge < -0.3 is 14.2 Å². The minimum absolute atomic E-state index is 0.0643. The van der Waals surface area contributed by atoms with Crippen LogP contribution in [0.1, 0.15) is 99.3 Å². The molecule has 4 rings (SSSR count). The third-order valence-corrected chi connectivity index (χ3v) is 11.0. The zero-order valence-corrected chi connectivity index (χ0v) is 24.7. The lowest BCUT2D eigenvalue weighted by Crippen LogP contribution is -2.56. The first-order chi connectivity index (χ1) is 17.8. The van der Waals surface area contributed by atoms with Crippen molar-refractivity contribution in [1.29, 1.82) is 0 Å². The number of carbonyl (C=O) groups is 3. The Morgan fingerprint density at radius 1 is 1.03 bits per heavy atom. The average Bonchev–Trinajstić information content (AvgIpc) is 3.21. The predicted molar refractivity (Wildman–Crippen MR) is 146 cm³/mol. The normalized spacial score (nSPS) is 38.8. The number of hydrogen-bond acceptors (Lipinski definition) is 6. The summed E-state index contributed by atoms with van der Waals surface area (Å²) in [7, 11) is 1.47. The van der Waals surface area contributed by atoms with Crippen molar-refractivity contribution in [2.45, 2.75) is 105 Å². The molecule has 214 valence electrons. The average molecular weight is 531 g/mol. The zero-order valence-electron chi connectivity index (χ0n) is 24.7. The molecule has 4 aliphatic carbocycles. The van der Waals surface area contributed by atoms with Gasteiger partial charge in [0.05, 0.1) is 19.1 Å². The largest absolute Gasteiger partial charge is 0.469 e. The summed E-state index contributed by atoms with van der Waals surface area (Å²) in [4.78, 5) is 36.4. The first kappa shape index (κ1) is 29.1. The van der Waals surface area contributed by atoms with E-state index in [4.69, 9.17) is 14.2 Å². The number of carbonyl (C=O) groups excluding carboxylic acids is 3. The van der Waals surface area contributed by atoms with E-state index in [1.165, 1.54) is 33.3 Å². The maximum atomic E-state index is 12.9. The number of allylic oxidation sites excluding steroid dienone is 2. The Morgan fingerprint density at radius 3 is 2.42 bits per heavy atom. The summed E-state index contributed by atoms with van der Waals surface area (Å²) in [6.07, 6.45) is 13.5. The molecule has 38 heavy (non-hydrogen) atoms. The van der Waals surface area contributed by atoms with Crippen LogP contribution in [0.15, 0.2) is 12.2 Å². The number of rotatable bonds is 7. The van der Waals surface area contributed by atoms with Crippen LogP contribution in [0.5, 0.6) is 0 Å². The van der Waals surface area contributed by atoms with Crippen LogP contribution in [0.2, 0.25) is 0 Å². The minimum atomic E-state index is -0.533. The molecule has 0 N–H and O–H groups in total. The van der Waals surface area contributed by atoms with Crippen LogP contribution in [-0.2, 0) is 28.6 Å². The van der Waals surface area contributed by atoms with Gasteiger partial charge in [-0.3, -0.25) is 14.4 Å². The second-order valence-corrected chi connectivity index (χ2v) is 14.2. The van der Waals surface area contributed by atoms with Gasteiger partial charge in [-0.15, -0.1) is 0 Å². The molecular weight excluding hydrogens is 480 g/mol. The molecule has 0 unspecified atom stereocenters. The highest BCUT2D eigenvalue weighted by Gasteiger charge is 2.61. The van der Waals surface area contributed by atoms with E-state index in [0.717, 1.165) is 32.1 Å². The van der Waals surface area contributed by atoms with Crippen LogP contribution in [-0.4, -0.2) is 37.7 Å². The molecule has 6 heteroatoms. The molecule has 0 bridgehead atoms. The molecule has 0 aromatic heterocycles. The molecular formula is C32H50O6. The Morgan fingerprint density at radius 2 is 1.76 bits per heavy atom. The molecule has 0 radical (unpaired) electrons. The van der Waals surface area contributed by atoms with Crippen molar-refractivity contribution in [1.82, 2.24) is 0 Å². The second kappa shape index (κ2) is 11.0. The Balaban J connectivity index is 1.58. The molecule has 3 fully saturated rings. The zero-order chi connectivity index (χ0) is 27.9. The van der Waals surface area contributed by atoms with Crippen molar-refractivity contribution in [2.75, 3.05) is 13.7 Å². The summed E-state index contributed by atoms with van der Waals surface area (Å²) >= 11 is 0. The van der Waals surface area contributed by atoms with Crippen molar-refractivity contribution < 1.29 is 28.6 Å². The third-order valence-electron chi connectivity index (χ3n) is 11.0. The Kier molecular flexibility index (Phi) is 8.41. The van der Waals surface area contributed by atoms with E-state index in [0.29, 0.717) is 42.6 Å². The first-order valence-corrected chi connectivity index (χ1v) is 14.9. The van der Waals surface area contributed by atoms with Gasteiger partial charge in [-0.1, -0.05) is 26.0 Å². The smallest absolute Gasteiger partial charge is 0.311 e. The Bertz CT molecular complexity index is 933. The van der Waals surface area contributed by atoms with E-state index in [2.05, 4.69) is 26.0 Å². The first-order valence-electron chi connectivity index (χ1n) is 14.9. The lowest BCUT2D eigenvalue weighted by Gasteiger charge is -2.59. The fourth-order valence-corrected chi connectivity index (χ4v) is 9.05. The van der Waals surface area contributed by atoms with Crippen LogP contribution in [0.3, 0.4) is 0 Å². The Labute approximate surface area is 229 Å². The van der Waals surface area contributed by atoms with E-state index in [1.807, 2.05) is 20.8 Å². The standard InChI is InChI=1S/C32H50O6/c1-20(8-13-28(34)36-7)25-11-12-26-24-10-9-22-18-23(38-21(2)33)14-17-32(22,19-37-29(35)30(3,4)5)27(24)15-16-31(25,26)6/h9-10,20,22-27H,8,11-19H2,1-7H3/t20-,22-,23-,24+,25-,26+,27+,31-,32-/m1/s1. The van der Waals surface area contributed by atoms with Gasteiger partial charge in [0.2, 0.25) is 0 Å². The molecule has 0 amide bonds. The summed E-state index contributed by atoms with van der Waals surface area (Å²) in [6, 6.07) is 0. The van der Waals surface area contributed by atoms with Crippen LogP contribution in [0.4, 0.5) is 0 Å². The van der Waals surface area contributed by atoms with Crippen LogP contribution >= 0.6 is 0 Å². The molecule has 3 saturated carbocycles. The highest BCUT2D eigenvalue weighted by Crippen LogP contribution is 2.67. The van der Waals surface area contributed by atoms with E-state index in [9.17, 15) is 14.4 Å². The second-order valence-electron chi connectivity index (χ2n) is 14.2. The lowest BCUT2D eigenvalue weighted by atomic mass is 9.46. The minimum Gasteiger partial charge on any atom is -0.469 e. The summed E-state index contributed by atoms with van der Waals surface area (Å²) < 4.78 is 16.7. The molecule has 0 aliphatic heterocycles. The topological polar surface area (TPSA) is 78.9 Å². The fourth-order valence-electron chi connectivity index (χ4n) is 9.05. The molecule has 6 nitrogen and oxygen atoms in total. The number of esters is 3. The quantitative estimate of drug-likeness (QED) is 0.212. The number of hydrogen-bond donors (Lipinski definition) is 0. The molecule has 4 aliphatic rings. The summed E-state index contributed by atoms with van der Waals surface area (Å²) in [5.41, 5.74) is -0.381. The van der Waals surface area contributed by atoms with Crippen molar-refractivity contribution in [3.05, 3.63) is 12.2 Å². The maximum Gasteiger partial charge on any atom is 0.311 e.